The van der Waals surface area contributed by atoms with Gasteiger partial charge in [0.05, 0.1) is 0 Å². The first-order valence-electron chi connectivity index (χ1n) is 4.99. The van der Waals surface area contributed by atoms with Gasteiger partial charge in [0.25, 0.3) is 0 Å². The predicted octanol–water partition coefficient (Wildman–Crippen LogP) is 1.79. The number of nitrogen functional groups attached to an aromatic ring is 1. The smallest absolute Gasteiger partial charge is 0.0422 e. The van der Waals surface area contributed by atoms with Crippen molar-refractivity contribution in [3.63, 3.8) is 0 Å². The number of fused-ring (bicyclic) bond motifs is 3. The molecule has 0 aromatic heterocycles. The van der Waals surface area contributed by atoms with E-state index < -0.39 is 0 Å². The zero-order valence-electron chi connectivity index (χ0n) is 7.66. The quantitative estimate of drug-likeness (QED) is 0.608. The standard InChI is InChI=1S/C11H14N2/c12-9-4-3-8-6-10-2-1-5-13(10)11(8)7-9/h3-4,7,10H,1-2,5-6,12H2. The summed E-state index contributed by atoms with van der Waals surface area (Å²) >= 11 is 0. The van der Waals surface area contributed by atoms with Gasteiger partial charge >= 0.3 is 0 Å². The lowest BCUT2D eigenvalue weighted by Crippen LogP contribution is -2.24. The van der Waals surface area contributed by atoms with E-state index in [2.05, 4.69) is 17.0 Å². The molecule has 1 unspecified atom stereocenters. The summed E-state index contributed by atoms with van der Waals surface area (Å²) in [5.41, 5.74) is 9.56. The van der Waals surface area contributed by atoms with E-state index in [0.717, 1.165) is 11.7 Å². The molecule has 2 heterocycles. The molecular weight excluding hydrogens is 160 g/mol. The SMILES string of the molecule is Nc1ccc2c(c1)N1CCCC1C2. The van der Waals surface area contributed by atoms with Gasteiger partial charge in [-0.15, -0.1) is 0 Å². The molecular formula is C11H14N2. The third-order valence-electron chi connectivity index (χ3n) is 3.25. The van der Waals surface area contributed by atoms with E-state index in [4.69, 9.17) is 5.73 Å². The van der Waals surface area contributed by atoms with Crippen molar-refractivity contribution in [3.8, 4) is 0 Å². The molecule has 0 spiro atoms. The van der Waals surface area contributed by atoms with E-state index in [1.54, 1.807) is 0 Å². The minimum atomic E-state index is 0.775. The Kier molecular flexibility index (Phi) is 1.34. The van der Waals surface area contributed by atoms with Crippen LogP contribution in [-0.4, -0.2) is 12.6 Å². The van der Waals surface area contributed by atoms with Crippen LogP contribution in [0.4, 0.5) is 11.4 Å². The number of hydrogen-bond donors (Lipinski definition) is 1. The second kappa shape index (κ2) is 2.41. The molecule has 1 saturated heterocycles. The fourth-order valence-corrected chi connectivity index (χ4v) is 2.64. The highest BCUT2D eigenvalue weighted by Gasteiger charge is 2.32. The van der Waals surface area contributed by atoms with Gasteiger partial charge in [0.2, 0.25) is 0 Å². The predicted molar refractivity (Wildman–Crippen MR) is 54.9 cm³/mol. The van der Waals surface area contributed by atoms with Crippen molar-refractivity contribution in [2.75, 3.05) is 17.2 Å². The first kappa shape index (κ1) is 7.25. The monoisotopic (exact) mass is 174 g/mol. The van der Waals surface area contributed by atoms with Crippen molar-refractivity contribution in [2.45, 2.75) is 25.3 Å². The molecule has 0 bridgehead atoms. The van der Waals surface area contributed by atoms with Crippen LogP contribution in [0.2, 0.25) is 0 Å². The molecule has 2 heteroatoms. The van der Waals surface area contributed by atoms with Crippen molar-refractivity contribution in [1.29, 1.82) is 0 Å². The Morgan fingerprint density at radius 2 is 2.31 bits per heavy atom. The maximum absolute atomic E-state index is 5.79. The number of nitrogens with two attached hydrogens (primary N) is 1. The van der Waals surface area contributed by atoms with Crippen LogP contribution in [0.15, 0.2) is 18.2 Å². The summed E-state index contributed by atoms with van der Waals surface area (Å²) in [6.45, 7) is 1.22. The van der Waals surface area contributed by atoms with E-state index in [1.165, 1.54) is 37.1 Å². The molecule has 68 valence electrons. The third kappa shape index (κ3) is 0.947. The van der Waals surface area contributed by atoms with Gasteiger partial charge < -0.3 is 10.6 Å². The van der Waals surface area contributed by atoms with Gasteiger partial charge in [-0.3, -0.25) is 0 Å². The van der Waals surface area contributed by atoms with Crippen molar-refractivity contribution in [2.24, 2.45) is 0 Å². The summed E-state index contributed by atoms with van der Waals surface area (Å²) in [5, 5.41) is 0. The van der Waals surface area contributed by atoms with Crippen LogP contribution < -0.4 is 10.6 Å². The molecule has 3 rings (SSSR count). The average molecular weight is 174 g/mol. The molecule has 13 heavy (non-hydrogen) atoms. The number of benzene rings is 1. The fourth-order valence-electron chi connectivity index (χ4n) is 2.64. The van der Waals surface area contributed by atoms with Gasteiger partial charge in [-0.25, -0.2) is 0 Å². The van der Waals surface area contributed by atoms with E-state index in [-0.39, 0.29) is 0 Å². The summed E-state index contributed by atoms with van der Waals surface area (Å²) in [5.74, 6) is 0. The van der Waals surface area contributed by atoms with Crippen LogP contribution in [0.3, 0.4) is 0 Å². The molecule has 0 radical (unpaired) electrons. The number of nitrogens with zero attached hydrogens (tertiary/aromatic N) is 1. The Morgan fingerprint density at radius 1 is 1.38 bits per heavy atom. The Bertz CT molecular complexity index is 346. The largest absolute Gasteiger partial charge is 0.399 e. The van der Waals surface area contributed by atoms with Gasteiger partial charge in [-0.2, -0.15) is 0 Å². The van der Waals surface area contributed by atoms with Crippen molar-refractivity contribution >= 4 is 11.4 Å². The van der Waals surface area contributed by atoms with E-state index in [1.807, 2.05) is 6.07 Å². The second-order valence-electron chi connectivity index (χ2n) is 4.08. The number of hydrogen-bond acceptors (Lipinski definition) is 2. The topological polar surface area (TPSA) is 29.3 Å². The summed E-state index contributed by atoms with van der Waals surface area (Å²) < 4.78 is 0. The molecule has 1 aromatic rings. The third-order valence-corrected chi connectivity index (χ3v) is 3.25. The van der Waals surface area contributed by atoms with Crippen LogP contribution in [0.5, 0.6) is 0 Å². The molecule has 1 aromatic carbocycles. The summed E-state index contributed by atoms with van der Waals surface area (Å²) in [6.07, 6.45) is 3.93. The first-order chi connectivity index (χ1) is 6.34. The molecule has 2 aliphatic heterocycles. The zero-order chi connectivity index (χ0) is 8.84. The van der Waals surface area contributed by atoms with E-state index >= 15 is 0 Å². The highest BCUT2D eigenvalue weighted by Crippen LogP contribution is 2.38. The second-order valence-corrected chi connectivity index (χ2v) is 4.08. The van der Waals surface area contributed by atoms with Crippen molar-refractivity contribution in [3.05, 3.63) is 23.8 Å². The summed E-state index contributed by atoms with van der Waals surface area (Å²) in [4.78, 5) is 2.52. The Balaban J connectivity index is 2.09. The minimum Gasteiger partial charge on any atom is -0.399 e. The van der Waals surface area contributed by atoms with Gasteiger partial charge in [-0.05, 0) is 37.0 Å². The summed E-state index contributed by atoms with van der Waals surface area (Å²) in [6, 6.07) is 7.10. The maximum atomic E-state index is 5.79. The number of anilines is 2. The highest BCUT2D eigenvalue weighted by atomic mass is 15.2. The van der Waals surface area contributed by atoms with Crippen LogP contribution in [0.1, 0.15) is 18.4 Å². The van der Waals surface area contributed by atoms with Gasteiger partial charge in [0, 0.05) is 24.0 Å². The summed E-state index contributed by atoms with van der Waals surface area (Å²) in [7, 11) is 0. The zero-order valence-corrected chi connectivity index (χ0v) is 7.66. The van der Waals surface area contributed by atoms with Gasteiger partial charge in [0.15, 0.2) is 0 Å². The molecule has 2 aliphatic rings. The molecule has 1 atom stereocenters. The van der Waals surface area contributed by atoms with Gasteiger partial charge in [-0.1, -0.05) is 6.07 Å². The van der Waals surface area contributed by atoms with E-state index in [0.29, 0.717) is 0 Å². The normalized spacial score (nSPS) is 24.6. The molecule has 2 N–H and O–H groups in total. The average Bonchev–Trinajstić information content (AvgIpc) is 2.64. The Hall–Kier alpha value is -1.18. The van der Waals surface area contributed by atoms with Crippen molar-refractivity contribution in [1.82, 2.24) is 0 Å². The number of rotatable bonds is 0. The minimum absolute atomic E-state index is 0.775. The maximum Gasteiger partial charge on any atom is 0.0422 e. The lowest BCUT2D eigenvalue weighted by molar-refractivity contribution is 0.703. The fraction of sp³-hybridized carbons (Fsp3) is 0.455. The highest BCUT2D eigenvalue weighted by molar-refractivity contribution is 5.65. The van der Waals surface area contributed by atoms with Crippen LogP contribution in [0.25, 0.3) is 0 Å². The Labute approximate surface area is 78.3 Å². The molecule has 1 fully saturated rings. The molecule has 0 amide bonds. The molecule has 2 nitrogen and oxygen atoms in total. The first-order valence-corrected chi connectivity index (χ1v) is 4.99. The molecule has 0 aliphatic carbocycles. The van der Waals surface area contributed by atoms with E-state index in [9.17, 15) is 0 Å². The lowest BCUT2D eigenvalue weighted by atomic mass is 10.1. The van der Waals surface area contributed by atoms with Gasteiger partial charge in [0.1, 0.15) is 0 Å². The van der Waals surface area contributed by atoms with Crippen LogP contribution >= 0.6 is 0 Å². The molecule has 0 saturated carbocycles. The van der Waals surface area contributed by atoms with Crippen LogP contribution in [-0.2, 0) is 6.42 Å². The van der Waals surface area contributed by atoms with Crippen LogP contribution in [0, 0.1) is 0 Å². The lowest BCUT2D eigenvalue weighted by Gasteiger charge is -2.18. The van der Waals surface area contributed by atoms with Crippen molar-refractivity contribution < 1.29 is 0 Å². The Morgan fingerprint density at radius 3 is 3.23 bits per heavy atom.